The van der Waals surface area contributed by atoms with Gasteiger partial charge in [0.1, 0.15) is 0 Å². The molecule has 1 N–H and O–H groups in total. The molecule has 1 aliphatic carbocycles. The molecule has 5 nitrogen and oxygen atoms in total. The molecule has 0 aliphatic heterocycles. The number of hydrogen-bond acceptors (Lipinski definition) is 3. The smallest absolute Gasteiger partial charge is 0.269 e. The summed E-state index contributed by atoms with van der Waals surface area (Å²) in [6.45, 7) is 0. The van der Waals surface area contributed by atoms with Crippen molar-refractivity contribution in [2.45, 2.75) is 6.42 Å². The van der Waals surface area contributed by atoms with Gasteiger partial charge in [-0.25, -0.2) is 0 Å². The lowest BCUT2D eigenvalue weighted by atomic mass is 10.1. The molecule has 0 saturated carbocycles. The van der Waals surface area contributed by atoms with Gasteiger partial charge in [-0.2, -0.15) is 5.10 Å². The van der Waals surface area contributed by atoms with Crippen LogP contribution >= 0.6 is 0 Å². The van der Waals surface area contributed by atoms with E-state index in [-0.39, 0.29) is 5.70 Å². The summed E-state index contributed by atoms with van der Waals surface area (Å²) in [5.74, 6) is 0. The normalized spacial score (nSPS) is 15.5. The van der Waals surface area contributed by atoms with Crippen molar-refractivity contribution in [2.24, 2.45) is 0 Å². The lowest BCUT2D eigenvalue weighted by Gasteiger charge is -1.98. The van der Waals surface area contributed by atoms with E-state index in [1.165, 1.54) is 6.08 Å². The van der Waals surface area contributed by atoms with E-state index >= 15 is 0 Å². The van der Waals surface area contributed by atoms with Crippen LogP contribution in [0.3, 0.4) is 0 Å². The van der Waals surface area contributed by atoms with Crippen LogP contribution in [0, 0.1) is 10.1 Å². The molecule has 0 radical (unpaired) electrons. The van der Waals surface area contributed by atoms with Crippen LogP contribution in [0.1, 0.15) is 12.1 Å². The van der Waals surface area contributed by atoms with Crippen LogP contribution < -0.4 is 0 Å². The quantitative estimate of drug-likeness (QED) is 0.589. The number of H-pyrrole nitrogens is 1. The van der Waals surface area contributed by atoms with Crippen LogP contribution in [0.15, 0.2) is 42.3 Å². The van der Waals surface area contributed by atoms with E-state index in [9.17, 15) is 10.1 Å². The van der Waals surface area contributed by atoms with E-state index in [2.05, 4.69) is 10.2 Å². The van der Waals surface area contributed by atoms with Crippen molar-refractivity contribution in [3.63, 3.8) is 0 Å². The zero-order valence-corrected chi connectivity index (χ0v) is 7.88. The maximum Gasteiger partial charge on any atom is 0.269 e. The highest BCUT2D eigenvalue weighted by Gasteiger charge is 2.11. The third-order valence-electron chi connectivity index (χ3n) is 2.12. The van der Waals surface area contributed by atoms with Crippen LogP contribution in [0.2, 0.25) is 0 Å². The molecule has 0 aromatic carbocycles. The van der Waals surface area contributed by atoms with E-state index < -0.39 is 4.92 Å². The molecule has 0 bridgehead atoms. The Labute approximate surface area is 86.0 Å². The van der Waals surface area contributed by atoms with Crippen molar-refractivity contribution in [1.82, 2.24) is 10.2 Å². The van der Waals surface area contributed by atoms with Gasteiger partial charge in [0.25, 0.3) is 5.70 Å². The first-order valence-electron chi connectivity index (χ1n) is 4.49. The van der Waals surface area contributed by atoms with E-state index in [1.54, 1.807) is 24.4 Å². The summed E-state index contributed by atoms with van der Waals surface area (Å²) >= 11 is 0. The fourth-order valence-corrected chi connectivity index (χ4v) is 1.38. The second-order valence-corrected chi connectivity index (χ2v) is 3.12. The third-order valence-corrected chi connectivity index (χ3v) is 2.12. The molecule has 1 aromatic heterocycles. The number of hydrogen-bond donors (Lipinski definition) is 1. The number of nitrogens with one attached hydrogen (secondary N) is 1. The summed E-state index contributed by atoms with van der Waals surface area (Å²) in [6, 6.07) is 1.79. The Balaban J connectivity index is 2.38. The van der Waals surface area contributed by atoms with Crippen molar-refractivity contribution < 1.29 is 4.92 Å². The molecule has 0 saturated heterocycles. The van der Waals surface area contributed by atoms with Gasteiger partial charge in [0.2, 0.25) is 0 Å². The summed E-state index contributed by atoms with van der Waals surface area (Å²) in [4.78, 5) is 10.3. The maximum absolute atomic E-state index is 10.7. The van der Waals surface area contributed by atoms with Gasteiger partial charge in [0.05, 0.1) is 10.6 Å². The lowest BCUT2D eigenvalue weighted by Crippen LogP contribution is -1.95. The summed E-state index contributed by atoms with van der Waals surface area (Å²) in [7, 11) is 0. The molecular weight excluding hydrogens is 194 g/mol. The summed E-state index contributed by atoms with van der Waals surface area (Å²) < 4.78 is 0. The third kappa shape index (κ3) is 2.01. The monoisotopic (exact) mass is 203 g/mol. The molecule has 0 spiro atoms. The maximum atomic E-state index is 10.7. The zero-order chi connectivity index (χ0) is 10.7. The van der Waals surface area contributed by atoms with Gasteiger partial charge in [-0.1, -0.05) is 12.2 Å². The van der Waals surface area contributed by atoms with E-state index in [0.717, 1.165) is 11.3 Å². The second kappa shape index (κ2) is 3.91. The highest BCUT2D eigenvalue weighted by molar-refractivity contribution is 5.66. The highest BCUT2D eigenvalue weighted by atomic mass is 16.6. The molecule has 2 rings (SSSR count). The summed E-state index contributed by atoms with van der Waals surface area (Å²) in [5, 5.41) is 17.3. The first-order chi connectivity index (χ1) is 7.27. The van der Waals surface area contributed by atoms with Crippen LogP contribution in [0.5, 0.6) is 0 Å². The number of rotatable bonds is 2. The van der Waals surface area contributed by atoms with Crippen LogP contribution in [0.4, 0.5) is 0 Å². The average Bonchev–Trinajstić information content (AvgIpc) is 2.62. The molecule has 5 heteroatoms. The molecule has 15 heavy (non-hydrogen) atoms. The van der Waals surface area contributed by atoms with E-state index in [4.69, 9.17) is 0 Å². The second-order valence-electron chi connectivity index (χ2n) is 3.12. The SMILES string of the molecule is O=[N+]([O-])C1=CC=CCC(c2ccn[nH]2)=C1. The van der Waals surface area contributed by atoms with E-state index in [1.807, 2.05) is 6.08 Å². The largest absolute Gasteiger partial charge is 0.278 e. The molecule has 1 heterocycles. The van der Waals surface area contributed by atoms with Gasteiger partial charge in [-0.15, -0.1) is 0 Å². The predicted molar refractivity (Wildman–Crippen MR) is 55.4 cm³/mol. The molecule has 1 aliphatic rings. The Morgan fingerprint density at radius 1 is 1.53 bits per heavy atom. The Morgan fingerprint density at radius 2 is 2.40 bits per heavy atom. The lowest BCUT2D eigenvalue weighted by molar-refractivity contribution is -0.418. The Bertz CT molecular complexity index is 455. The highest BCUT2D eigenvalue weighted by Crippen LogP contribution is 2.21. The summed E-state index contributed by atoms with van der Waals surface area (Å²) in [5.41, 5.74) is 1.77. The average molecular weight is 203 g/mol. The number of nitrogens with zero attached hydrogens (tertiary/aromatic N) is 2. The minimum Gasteiger partial charge on any atom is -0.278 e. The first kappa shape index (κ1) is 9.39. The van der Waals surface area contributed by atoms with Gasteiger partial charge in [-0.3, -0.25) is 15.2 Å². The zero-order valence-electron chi connectivity index (χ0n) is 7.88. The fraction of sp³-hybridized carbons (Fsp3) is 0.100. The molecule has 0 unspecified atom stereocenters. The molecule has 76 valence electrons. The standard InChI is InChI=1S/C10H9N3O2/c14-13(15)9-4-2-1-3-8(7-9)10-5-6-11-12-10/h1-2,4-7H,3H2,(H,11,12). The molecule has 0 fully saturated rings. The molecule has 1 aromatic rings. The first-order valence-corrected chi connectivity index (χ1v) is 4.49. The fourth-order valence-electron chi connectivity index (χ4n) is 1.38. The number of aromatic nitrogens is 2. The Kier molecular flexibility index (Phi) is 2.45. The molecule has 0 amide bonds. The minimum absolute atomic E-state index is 0.0911. The van der Waals surface area contributed by atoms with Gasteiger partial charge < -0.3 is 0 Å². The summed E-state index contributed by atoms with van der Waals surface area (Å²) in [6.07, 6.45) is 8.91. The van der Waals surface area contributed by atoms with E-state index in [0.29, 0.717) is 6.42 Å². The van der Waals surface area contributed by atoms with Gasteiger partial charge in [0, 0.05) is 18.3 Å². The number of allylic oxidation sites excluding steroid dienone is 5. The van der Waals surface area contributed by atoms with Crippen LogP contribution in [0.25, 0.3) is 5.57 Å². The van der Waals surface area contributed by atoms with Gasteiger partial charge in [-0.05, 0) is 18.1 Å². The molecule has 0 atom stereocenters. The minimum atomic E-state index is -0.397. The van der Waals surface area contributed by atoms with Gasteiger partial charge >= 0.3 is 0 Å². The Morgan fingerprint density at radius 3 is 3.07 bits per heavy atom. The van der Waals surface area contributed by atoms with Gasteiger partial charge in [0.15, 0.2) is 0 Å². The molecular formula is C10H9N3O2. The topological polar surface area (TPSA) is 71.8 Å². The van der Waals surface area contributed by atoms with Crippen molar-refractivity contribution in [3.05, 3.63) is 58.1 Å². The van der Waals surface area contributed by atoms with Crippen molar-refractivity contribution >= 4 is 5.57 Å². The van der Waals surface area contributed by atoms with Crippen molar-refractivity contribution in [2.75, 3.05) is 0 Å². The number of nitro groups is 1. The number of aromatic amines is 1. The predicted octanol–water partition coefficient (Wildman–Crippen LogP) is 1.91. The van der Waals surface area contributed by atoms with Crippen molar-refractivity contribution in [3.8, 4) is 0 Å². The van der Waals surface area contributed by atoms with Crippen molar-refractivity contribution in [1.29, 1.82) is 0 Å². The Hall–Kier alpha value is -2.17. The van der Waals surface area contributed by atoms with Crippen LogP contribution in [-0.2, 0) is 0 Å². The van der Waals surface area contributed by atoms with Crippen LogP contribution in [-0.4, -0.2) is 15.1 Å².